The predicted molar refractivity (Wildman–Crippen MR) is 71.9 cm³/mol. The van der Waals surface area contributed by atoms with Gasteiger partial charge in [0.05, 0.1) is 30.1 Å². The molecule has 0 bridgehead atoms. The van der Waals surface area contributed by atoms with Crippen molar-refractivity contribution in [2.75, 3.05) is 17.7 Å². The number of nitrogens with zero attached hydrogens (tertiary/aromatic N) is 1. The summed E-state index contributed by atoms with van der Waals surface area (Å²) in [6.07, 6.45) is 0.355. The molecule has 6 nitrogen and oxygen atoms in total. The molecule has 1 aliphatic rings. The Morgan fingerprint density at radius 2 is 2.26 bits per heavy atom. The van der Waals surface area contributed by atoms with Crippen LogP contribution in [0.2, 0.25) is 0 Å². The fourth-order valence-corrected chi connectivity index (χ4v) is 2.03. The highest BCUT2D eigenvalue weighted by atomic mass is 16.5. The molecule has 6 heteroatoms. The van der Waals surface area contributed by atoms with E-state index in [-0.39, 0.29) is 5.91 Å². The molecule has 0 atom stereocenters. The summed E-state index contributed by atoms with van der Waals surface area (Å²) >= 11 is 0. The van der Waals surface area contributed by atoms with Crippen LogP contribution in [0.5, 0.6) is 5.75 Å². The summed E-state index contributed by atoms with van der Waals surface area (Å²) in [6.45, 7) is 2.25. The lowest BCUT2D eigenvalue weighted by Gasteiger charge is -2.08. The number of anilines is 2. The van der Waals surface area contributed by atoms with Crippen LogP contribution in [0.1, 0.15) is 12.1 Å². The molecule has 0 spiro atoms. The number of amides is 1. The summed E-state index contributed by atoms with van der Waals surface area (Å²) in [5.74, 6) is 0.613. The van der Waals surface area contributed by atoms with E-state index in [1.165, 1.54) is 0 Å². The number of fused-ring (bicyclic) bond motifs is 1. The van der Waals surface area contributed by atoms with Crippen LogP contribution in [-0.2, 0) is 4.79 Å². The lowest BCUT2D eigenvalue weighted by molar-refractivity contribution is -0.116. The molecule has 4 N–H and O–H groups in total. The van der Waals surface area contributed by atoms with Crippen molar-refractivity contribution in [2.24, 2.45) is 0 Å². The minimum absolute atomic E-state index is 0.0536. The highest BCUT2D eigenvalue weighted by molar-refractivity contribution is 5.94. The Kier molecular flexibility index (Phi) is 2.63. The van der Waals surface area contributed by atoms with Gasteiger partial charge in [-0.25, -0.2) is 0 Å². The van der Waals surface area contributed by atoms with E-state index in [2.05, 4.69) is 15.5 Å². The van der Waals surface area contributed by atoms with Crippen molar-refractivity contribution in [3.63, 3.8) is 0 Å². The quantitative estimate of drug-likeness (QED) is 0.725. The van der Waals surface area contributed by atoms with Crippen molar-refractivity contribution in [1.29, 1.82) is 0 Å². The van der Waals surface area contributed by atoms with Crippen molar-refractivity contribution in [1.82, 2.24) is 10.2 Å². The summed E-state index contributed by atoms with van der Waals surface area (Å²) in [4.78, 5) is 11.5. The predicted octanol–water partition coefficient (Wildman–Crippen LogP) is 1.69. The van der Waals surface area contributed by atoms with Crippen LogP contribution >= 0.6 is 0 Å². The van der Waals surface area contributed by atoms with Crippen LogP contribution in [0.25, 0.3) is 11.3 Å². The van der Waals surface area contributed by atoms with Crippen LogP contribution in [0, 0.1) is 6.92 Å². The van der Waals surface area contributed by atoms with Crippen molar-refractivity contribution < 1.29 is 9.53 Å². The van der Waals surface area contributed by atoms with E-state index in [9.17, 15) is 4.79 Å². The summed E-state index contributed by atoms with van der Waals surface area (Å²) < 4.78 is 5.50. The molecule has 19 heavy (non-hydrogen) atoms. The van der Waals surface area contributed by atoms with Crippen molar-refractivity contribution in [2.45, 2.75) is 13.3 Å². The highest BCUT2D eigenvalue weighted by Gasteiger charge is 2.16. The molecule has 0 saturated carbocycles. The zero-order valence-electron chi connectivity index (χ0n) is 10.5. The van der Waals surface area contributed by atoms with E-state index < -0.39 is 0 Å². The van der Waals surface area contributed by atoms with Crippen LogP contribution in [0.15, 0.2) is 18.2 Å². The maximum absolute atomic E-state index is 11.5. The van der Waals surface area contributed by atoms with Crippen LogP contribution in [0.3, 0.4) is 0 Å². The summed E-state index contributed by atoms with van der Waals surface area (Å²) in [5.41, 5.74) is 9.56. The molecule has 0 saturated heterocycles. The molecule has 0 radical (unpaired) electrons. The van der Waals surface area contributed by atoms with Gasteiger partial charge >= 0.3 is 0 Å². The molecule has 3 rings (SSSR count). The lowest BCUT2D eigenvalue weighted by atomic mass is 10.1. The number of aromatic amines is 1. The molecular formula is C13H14N4O2. The van der Waals surface area contributed by atoms with E-state index in [0.717, 1.165) is 11.3 Å². The lowest BCUT2D eigenvalue weighted by Crippen LogP contribution is -2.10. The van der Waals surface area contributed by atoms with Crippen LogP contribution in [0.4, 0.5) is 11.4 Å². The third-order valence-electron chi connectivity index (χ3n) is 3.11. The minimum atomic E-state index is -0.0536. The molecule has 0 aliphatic carbocycles. The molecule has 0 fully saturated rings. The van der Waals surface area contributed by atoms with Gasteiger partial charge in [-0.15, -0.1) is 0 Å². The zero-order chi connectivity index (χ0) is 13.4. The SMILES string of the molecule is Cc1[nH]nc(-c2ccc3c(c2)NC(=O)CCO3)c1N. The van der Waals surface area contributed by atoms with Gasteiger partial charge in [-0.1, -0.05) is 0 Å². The fraction of sp³-hybridized carbons (Fsp3) is 0.231. The molecule has 0 unspecified atom stereocenters. The Morgan fingerprint density at radius 1 is 1.42 bits per heavy atom. The normalized spacial score (nSPS) is 14.3. The number of nitrogen functional groups attached to an aromatic ring is 1. The maximum Gasteiger partial charge on any atom is 0.227 e. The van der Waals surface area contributed by atoms with Gasteiger partial charge < -0.3 is 15.8 Å². The first-order valence-corrected chi connectivity index (χ1v) is 6.02. The Labute approximate surface area is 110 Å². The smallest absolute Gasteiger partial charge is 0.227 e. The first-order chi connectivity index (χ1) is 9.15. The minimum Gasteiger partial charge on any atom is -0.491 e. The summed E-state index contributed by atoms with van der Waals surface area (Å²) in [5, 5.41) is 9.83. The number of hydrogen-bond acceptors (Lipinski definition) is 4. The van der Waals surface area contributed by atoms with Gasteiger partial charge in [0.2, 0.25) is 5.91 Å². The number of H-pyrrole nitrogens is 1. The average molecular weight is 258 g/mol. The number of benzene rings is 1. The Morgan fingerprint density at radius 3 is 3.00 bits per heavy atom. The summed E-state index contributed by atoms with van der Waals surface area (Å²) in [6, 6.07) is 5.52. The molecular weight excluding hydrogens is 244 g/mol. The Hall–Kier alpha value is -2.50. The van der Waals surface area contributed by atoms with Crippen molar-refractivity contribution in [3.05, 3.63) is 23.9 Å². The van der Waals surface area contributed by atoms with Gasteiger partial charge in [0, 0.05) is 5.56 Å². The molecule has 2 aromatic rings. The van der Waals surface area contributed by atoms with Crippen LogP contribution < -0.4 is 15.8 Å². The monoisotopic (exact) mass is 258 g/mol. The number of nitrogens with one attached hydrogen (secondary N) is 2. The maximum atomic E-state index is 11.5. The molecule has 1 aliphatic heterocycles. The molecule has 1 aromatic heterocycles. The second-order valence-electron chi connectivity index (χ2n) is 4.47. The van der Waals surface area contributed by atoms with E-state index >= 15 is 0 Å². The number of carbonyl (C=O) groups is 1. The highest BCUT2D eigenvalue weighted by Crippen LogP contribution is 2.34. The Bertz CT molecular complexity index is 648. The molecule has 98 valence electrons. The first kappa shape index (κ1) is 11.6. The number of carbonyl (C=O) groups excluding carboxylic acids is 1. The van der Waals surface area contributed by atoms with Crippen molar-refractivity contribution >= 4 is 17.3 Å². The van der Waals surface area contributed by atoms with Crippen molar-refractivity contribution in [3.8, 4) is 17.0 Å². The van der Waals surface area contributed by atoms with E-state index in [1.54, 1.807) is 0 Å². The molecule has 2 heterocycles. The largest absolute Gasteiger partial charge is 0.491 e. The van der Waals surface area contributed by atoms with Crippen LogP contribution in [-0.4, -0.2) is 22.7 Å². The second-order valence-corrected chi connectivity index (χ2v) is 4.47. The number of nitrogens with two attached hydrogens (primary N) is 1. The van der Waals surface area contributed by atoms with Gasteiger partial charge in [-0.3, -0.25) is 9.89 Å². The van der Waals surface area contributed by atoms with Gasteiger partial charge in [-0.05, 0) is 25.1 Å². The van der Waals surface area contributed by atoms with E-state index in [4.69, 9.17) is 10.5 Å². The average Bonchev–Trinajstić information content (AvgIpc) is 2.61. The fourth-order valence-electron chi connectivity index (χ4n) is 2.03. The second kappa shape index (κ2) is 4.31. The Balaban J connectivity index is 2.05. The topological polar surface area (TPSA) is 93.0 Å². The molecule has 1 aromatic carbocycles. The standard InChI is InChI=1S/C13H14N4O2/c1-7-12(14)13(17-16-7)8-2-3-10-9(6-8)15-11(18)4-5-19-10/h2-3,6H,4-5,14H2,1H3,(H,15,18)(H,16,17). The van der Waals surface area contributed by atoms with E-state index in [0.29, 0.717) is 35.8 Å². The van der Waals surface area contributed by atoms with Gasteiger partial charge in [0.1, 0.15) is 11.4 Å². The number of aryl methyl sites for hydroxylation is 1. The first-order valence-electron chi connectivity index (χ1n) is 6.02. The number of aromatic nitrogens is 2. The van der Waals surface area contributed by atoms with Gasteiger partial charge in [0.25, 0.3) is 0 Å². The van der Waals surface area contributed by atoms with Gasteiger partial charge in [0.15, 0.2) is 0 Å². The summed E-state index contributed by atoms with van der Waals surface area (Å²) in [7, 11) is 0. The zero-order valence-corrected chi connectivity index (χ0v) is 10.5. The number of rotatable bonds is 1. The van der Waals surface area contributed by atoms with Gasteiger partial charge in [-0.2, -0.15) is 5.10 Å². The molecule has 1 amide bonds. The number of hydrogen-bond donors (Lipinski definition) is 3. The number of ether oxygens (including phenoxy) is 1. The third kappa shape index (κ3) is 2.01. The third-order valence-corrected chi connectivity index (χ3v) is 3.11. The van der Waals surface area contributed by atoms with E-state index in [1.807, 2.05) is 25.1 Å².